The zero-order valence-corrected chi connectivity index (χ0v) is 12.7. The lowest BCUT2D eigenvalue weighted by molar-refractivity contribution is -0.134. The molecule has 0 aromatic heterocycles. The lowest BCUT2D eigenvalue weighted by Gasteiger charge is -2.37. The highest BCUT2D eigenvalue weighted by Gasteiger charge is 2.41. The SMILES string of the molecule is O=C(CSC1CCCC1)C1CCOC2(CCCC2)C1. The summed E-state index contributed by atoms with van der Waals surface area (Å²) in [6, 6.07) is 0. The van der Waals surface area contributed by atoms with Crippen molar-refractivity contribution < 1.29 is 9.53 Å². The molecule has 2 nitrogen and oxygen atoms in total. The molecule has 3 aliphatic rings. The van der Waals surface area contributed by atoms with E-state index in [1.807, 2.05) is 11.8 Å². The number of carbonyl (C=O) groups is 1. The van der Waals surface area contributed by atoms with Gasteiger partial charge in [0, 0.05) is 17.8 Å². The third-order valence-electron chi connectivity index (χ3n) is 5.23. The third kappa shape index (κ3) is 3.36. The van der Waals surface area contributed by atoms with E-state index in [0.717, 1.165) is 30.5 Å². The van der Waals surface area contributed by atoms with Gasteiger partial charge in [0.2, 0.25) is 0 Å². The first kappa shape index (κ1) is 13.9. The largest absolute Gasteiger partial charge is 0.375 e. The van der Waals surface area contributed by atoms with Crippen molar-refractivity contribution in [2.24, 2.45) is 5.92 Å². The van der Waals surface area contributed by atoms with Crippen LogP contribution in [0.5, 0.6) is 0 Å². The van der Waals surface area contributed by atoms with Gasteiger partial charge < -0.3 is 4.74 Å². The van der Waals surface area contributed by atoms with Crippen LogP contribution < -0.4 is 0 Å². The van der Waals surface area contributed by atoms with Gasteiger partial charge in [-0.3, -0.25) is 4.79 Å². The fourth-order valence-corrected chi connectivity index (χ4v) is 5.35. The number of hydrogen-bond acceptors (Lipinski definition) is 3. The number of hydrogen-bond donors (Lipinski definition) is 0. The quantitative estimate of drug-likeness (QED) is 0.780. The molecular formula is C16H26O2S. The van der Waals surface area contributed by atoms with Crippen LogP contribution in [0.1, 0.15) is 64.2 Å². The molecule has 3 rings (SSSR count). The molecule has 1 spiro atoms. The minimum Gasteiger partial charge on any atom is -0.375 e. The van der Waals surface area contributed by atoms with Crippen molar-refractivity contribution in [3.05, 3.63) is 0 Å². The highest BCUT2D eigenvalue weighted by atomic mass is 32.2. The summed E-state index contributed by atoms with van der Waals surface area (Å²) in [5.74, 6) is 1.55. The predicted molar refractivity (Wildman–Crippen MR) is 79.6 cm³/mol. The second kappa shape index (κ2) is 6.17. The highest BCUT2D eigenvalue weighted by molar-refractivity contribution is 8.00. The summed E-state index contributed by atoms with van der Waals surface area (Å²) in [5, 5.41) is 0.768. The van der Waals surface area contributed by atoms with Gasteiger partial charge in [0.05, 0.1) is 11.4 Å². The van der Waals surface area contributed by atoms with Crippen LogP contribution in [0.25, 0.3) is 0 Å². The second-order valence-electron chi connectivity index (χ2n) is 6.61. The Labute approximate surface area is 121 Å². The Hall–Kier alpha value is -0.0200. The maximum absolute atomic E-state index is 12.4. The summed E-state index contributed by atoms with van der Waals surface area (Å²) < 4.78 is 6.03. The molecule has 1 heterocycles. The first-order valence-corrected chi connectivity index (χ1v) is 9.11. The van der Waals surface area contributed by atoms with Crippen molar-refractivity contribution in [2.75, 3.05) is 12.4 Å². The maximum Gasteiger partial charge on any atom is 0.146 e. The fraction of sp³-hybridized carbons (Fsp3) is 0.938. The Kier molecular flexibility index (Phi) is 4.53. The Morgan fingerprint density at radius 2 is 1.84 bits per heavy atom. The first-order chi connectivity index (χ1) is 9.27. The van der Waals surface area contributed by atoms with E-state index in [9.17, 15) is 4.79 Å². The number of Topliss-reactive ketones (excluding diaryl/α,β-unsaturated/α-hetero) is 1. The van der Waals surface area contributed by atoms with Gasteiger partial charge in [0.1, 0.15) is 5.78 Å². The Morgan fingerprint density at radius 3 is 2.58 bits per heavy atom. The summed E-state index contributed by atoms with van der Waals surface area (Å²) in [4.78, 5) is 12.4. The van der Waals surface area contributed by atoms with E-state index in [4.69, 9.17) is 4.74 Å². The zero-order valence-electron chi connectivity index (χ0n) is 11.9. The van der Waals surface area contributed by atoms with Gasteiger partial charge in [-0.1, -0.05) is 25.7 Å². The van der Waals surface area contributed by atoms with Crippen LogP contribution in [-0.4, -0.2) is 29.0 Å². The number of carbonyl (C=O) groups excluding carboxylic acids is 1. The van der Waals surface area contributed by atoms with Gasteiger partial charge in [-0.25, -0.2) is 0 Å². The van der Waals surface area contributed by atoms with Gasteiger partial charge in [-0.05, 0) is 38.5 Å². The Balaban J connectivity index is 1.48. The molecule has 2 aliphatic carbocycles. The van der Waals surface area contributed by atoms with Crippen LogP contribution in [0, 0.1) is 5.92 Å². The lowest BCUT2D eigenvalue weighted by atomic mass is 9.83. The van der Waals surface area contributed by atoms with Gasteiger partial charge >= 0.3 is 0 Å². The minimum atomic E-state index is 0.0939. The van der Waals surface area contributed by atoms with E-state index in [-0.39, 0.29) is 5.60 Å². The molecule has 0 amide bonds. The average molecular weight is 282 g/mol. The van der Waals surface area contributed by atoms with Crippen LogP contribution in [0.15, 0.2) is 0 Å². The smallest absolute Gasteiger partial charge is 0.146 e. The molecule has 1 saturated heterocycles. The van der Waals surface area contributed by atoms with Crippen molar-refractivity contribution in [3.8, 4) is 0 Å². The fourth-order valence-electron chi connectivity index (χ4n) is 4.04. The van der Waals surface area contributed by atoms with E-state index in [0.29, 0.717) is 11.7 Å². The highest BCUT2D eigenvalue weighted by Crippen LogP contribution is 2.42. The molecule has 1 aliphatic heterocycles. The summed E-state index contributed by atoms with van der Waals surface area (Å²) in [6.07, 6.45) is 12.3. The molecule has 19 heavy (non-hydrogen) atoms. The van der Waals surface area contributed by atoms with Crippen LogP contribution >= 0.6 is 11.8 Å². The van der Waals surface area contributed by atoms with Crippen LogP contribution in [0.3, 0.4) is 0 Å². The van der Waals surface area contributed by atoms with Crippen molar-refractivity contribution in [2.45, 2.75) is 75.1 Å². The van der Waals surface area contributed by atoms with Crippen molar-refractivity contribution >= 4 is 17.5 Å². The van der Waals surface area contributed by atoms with Crippen LogP contribution in [0.4, 0.5) is 0 Å². The monoisotopic (exact) mass is 282 g/mol. The number of rotatable bonds is 4. The summed E-state index contributed by atoms with van der Waals surface area (Å²) >= 11 is 1.93. The Morgan fingerprint density at radius 1 is 1.11 bits per heavy atom. The average Bonchev–Trinajstić information content (AvgIpc) is 3.08. The van der Waals surface area contributed by atoms with Gasteiger partial charge in [-0.2, -0.15) is 11.8 Å². The molecule has 2 saturated carbocycles. The Bertz CT molecular complexity index is 317. The summed E-state index contributed by atoms with van der Waals surface area (Å²) in [6.45, 7) is 0.810. The van der Waals surface area contributed by atoms with E-state index in [1.54, 1.807) is 0 Å². The first-order valence-electron chi connectivity index (χ1n) is 8.06. The minimum absolute atomic E-state index is 0.0939. The maximum atomic E-state index is 12.4. The molecular weight excluding hydrogens is 256 g/mol. The summed E-state index contributed by atoms with van der Waals surface area (Å²) in [5.41, 5.74) is 0.0939. The van der Waals surface area contributed by atoms with Gasteiger partial charge in [0.15, 0.2) is 0 Å². The van der Waals surface area contributed by atoms with E-state index in [1.165, 1.54) is 51.4 Å². The molecule has 3 heteroatoms. The molecule has 0 radical (unpaired) electrons. The van der Waals surface area contributed by atoms with E-state index < -0.39 is 0 Å². The third-order valence-corrected chi connectivity index (χ3v) is 6.62. The molecule has 0 bridgehead atoms. The molecule has 1 unspecified atom stereocenters. The molecule has 0 aromatic rings. The van der Waals surface area contributed by atoms with E-state index >= 15 is 0 Å². The zero-order chi connectivity index (χ0) is 13.1. The van der Waals surface area contributed by atoms with Crippen molar-refractivity contribution in [3.63, 3.8) is 0 Å². The summed E-state index contributed by atoms with van der Waals surface area (Å²) in [7, 11) is 0. The molecule has 0 N–H and O–H groups in total. The van der Waals surface area contributed by atoms with Crippen molar-refractivity contribution in [1.82, 2.24) is 0 Å². The lowest BCUT2D eigenvalue weighted by Crippen LogP contribution is -2.40. The van der Waals surface area contributed by atoms with E-state index in [2.05, 4.69) is 0 Å². The molecule has 1 atom stereocenters. The topological polar surface area (TPSA) is 26.3 Å². The number of thioether (sulfide) groups is 1. The van der Waals surface area contributed by atoms with Crippen molar-refractivity contribution in [1.29, 1.82) is 0 Å². The molecule has 3 fully saturated rings. The van der Waals surface area contributed by atoms with Gasteiger partial charge in [0.25, 0.3) is 0 Å². The number of ketones is 1. The molecule has 108 valence electrons. The van der Waals surface area contributed by atoms with Gasteiger partial charge in [-0.15, -0.1) is 0 Å². The molecule has 0 aromatic carbocycles. The predicted octanol–water partition coefficient (Wildman–Crippen LogP) is 3.97. The van der Waals surface area contributed by atoms with Crippen LogP contribution in [0.2, 0.25) is 0 Å². The number of ether oxygens (including phenoxy) is 1. The standard InChI is InChI=1S/C16H26O2S/c17-15(12-19-14-5-1-2-6-14)13-7-10-18-16(11-13)8-3-4-9-16/h13-14H,1-12H2. The normalized spacial score (nSPS) is 31.1. The van der Waals surface area contributed by atoms with Crippen LogP contribution in [-0.2, 0) is 9.53 Å². The second-order valence-corrected chi connectivity index (χ2v) is 7.90.